The molecule has 10 heteroatoms. The molecule has 0 aromatic carbocycles. The van der Waals surface area contributed by atoms with Gasteiger partial charge in [0, 0.05) is 13.0 Å². The van der Waals surface area contributed by atoms with Crippen LogP contribution in [0.1, 0.15) is 32.0 Å². The Kier molecular flexibility index (Phi) is 7.33. The Bertz CT molecular complexity index is 709. The molecule has 2 N–H and O–H groups in total. The van der Waals surface area contributed by atoms with Gasteiger partial charge in [-0.3, -0.25) is 0 Å². The van der Waals surface area contributed by atoms with Gasteiger partial charge in [0.05, 0.1) is 40.4 Å². The van der Waals surface area contributed by atoms with E-state index in [0.29, 0.717) is 17.8 Å². The summed E-state index contributed by atoms with van der Waals surface area (Å²) >= 11 is 0.703. The van der Waals surface area contributed by atoms with Crippen molar-refractivity contribution in [3.63, 3.8) is 0 Å². The molecule has 0 atom stereocenters. The van der Waals surface area contributed by atoms with Gasteiger partial charge in [-0.05, 0) is 12.5 Å². The van der Waals surface area contributed by atoms with E-state index >= 15 is 0 Å². The minimum Gasteiger partial charge on any atom is -0.465 e. The zero-order valence-corrected chi connectivity index (χ0v) is 16.0. The normalized spacial score (nSPS) is 11.6. The summed E-state index contributed by atoms with van der Waals surface area (Å²) in [6, 6.07) is 0. The third kappa shape index (κ3) is 4.76. The highest BCUT2D eigenvalue weighted by Gasteiger charge is 2.32. The van der Waals surface area contributed by atoms with Gasteiger partial charge in [-0.15, -0.1) is 11.3 Å². The first-order valence-electron chi connectivity index (χ1n) is 7.24. The molecule has 0 radical (unpaired) electrons. The van der Waals surface area contributed by atoms with Crippen molar-refractivity contribution >= 4 is 33.3 Å². The maximum atomic E-state index is 12.5. The highest BCUT2D eigenvalue weighted by atomic mass is 32.2. The van der Waals surface area contributed by atoms with Gasteiger partial charge in [0.1, 0.15) is 4.88 Å². The summed E-state index contributed by atoms with van der Waals surface area (Å²) in [7, 11) is 2.34. The van der Waals surface area contributed by atoms with E-state index in [1.807, 2.05) is 14.1 Å². The van der Waals surface area contributed by atoms with E-state index in [1.54, 1.807) is 0 Å². The Morgan fingerprint density at radius 3 is 2.25 bits per heavy atom. The Morgan fingerprint density at radius 1 is 1.17 bits per heavy atom. The van der Waals surface area contributed by atoms with Crippen LogP contribution in [0.5, 0.6) is 0 Å². The van der Waals surface area contributed by atoms with Crippen molar-refractivity contribution in [1.82, 2.24) is 4.72 Å². The fourth-order valence-electron chi connectivity index (χ4n) is 2.02. The van der Waals surface area contributed by atoms with Crippen LogP contribution in [0.3, 0.4) is 0 Å². The predicted octanol–water partition coefficient (Wildman–Crippen LogP) is -0.557. The van der Waals surface area contributed by atoms with E-state index in [4.69, 9.17) is 0 Å². The van der Waals surface area contributed by atoms with Crippen molar-refractivity contribution in [2.45, 2.75) is 17.6 Å². The summed E-state index contributed by atoms with van der Waals surface area (Å²) in [6.45, 7) is 2.52. The Balaban J connectivity index is 3.20. The predicted molar refractivity (Wildman–Crippen MR) is 89.2 cm³/mol. The van der Waals surface area contributed by atoms with E-state index in [0.717, 1.165) is 13.7 Å². The van der Waals surface area contributed by atoms with Gasteiger partial charge >= 0.3 is 11.9 Å². The minimum atomic E-state index is -3.94. The third-order valence-corrected chi connectivity index (χ3v) is 6.52. The molecule has 136 valence electrons. The lowest BCUT2D eigenvalue weighted by molar-refractivity contribution is -0.858. The fraction of sp³-hybridized carbons (Fsp3) is 0.571. The molecule has 0 aliphatic rings. The number of carbonyl (C=O) groups is 2. The van der Waals surface area contributed by atoms with Crippen LogP contribution in [0.4, 0.5) is 0 Å². The molecule has 0 fully saturated rings. The molecular weight excluding hydrogens is 356 g/mol. The van der Waals surface area contributed by atoms with E-state index in [2.05, 4.69) is 14.2 Å². The number of sulfonamides is 1. The van der Waals surface area contributed by atoms with E-state index in [1.165, 1.54) is 18.9 Å². The first-order valence-corrected chi connectivity index (χ1v) is 9.54. The van der Waals surface area contributed by atoms with Crippen LogP contribution in [0, 0.1) is 6.92 Å². The van der Waals surface area contributed by atoms with Crippen LogP contribution in [0.15, 0.2) is 4.21 Å². The molecule has 24 heavy (non-hydrogen) atoms. The van der Waals surface area contributed by atoms with Gasteiger partial charge in [-0.1, -0.05) is 0 Å². The van der Waals surface area contributed by atoms with Crippen LogP contribution in [0.2, 0.25) is 0 Å². The van der Waals surface area contributed by atoms with Gasteiger partial charge in [-0.2, -0.15) is 0 Å². The Hall–Kier alpha value is -1.49. The first kappa shape index (κ1) is 20.6. The van der Waals surface area contributed by atoms with Gasteiger partial charge in [-0.25, -0.2) is 22.7 Å². The molecule has 1 aromatic heterocycles. The Labute approximate surface area is 145 Å². The van der Waals surface area contributed by atoms with Crippen molar-refractivity contribution in [3.05, 3.63) is 16.0 Å². The van der Waals surface area contributed by atoms with Crippen molar-refractivity contribution in [2.75, 3.05) is 41.4 Å². The van der Waals surface area contributed by atoms with Crippen molar-refractivity contribution in [2.24, 2.45) is 0 Å². The van der Waals surface area contributed by atoms with E-state index in [-0.39, 0.29) is 26.8 Å². The van der Waals surface area contributed by atoms with Gasteiger partial charge in [0.15, 0.2) is 4.21 Å². The molecule has 0 aliphatic carbocycles. The largest absolute Gasteiger partial charge is 0.465 e. The van der Waals surface area contributed by atoms with Crippen LogP contribution >= 0.6 is 11.3 Å². The van der Waals surface area contributed by atoms with Crippen LogP contribution in [0.25, 0.3) is 0 Å². The standard InChI is InChI=1S/C14H22N2O6S2/c1-9-10(12(17)21-4)14(23-11(9)13(18)22-5)24(19,20)15-7-6-8-16(2)3/h15H,6-8H2,1-5H3/p+1. The van der Waals surface area contributed by atoms with Crippen molar-refractivity contribution in [3.8, 4) is 0 Å². The second-order valence-electron chi connectivity index (χ2n) is 5.41. The summed E-state index contributed by atoms with van der Waals surface area (Å²) in [5.41, 5.74) is 0.102. The molecule has 0 spiro atoms. The number of esters is 2. The van der Waals surface area contributed by atoms with Crippen LogP contribution in [-0.4, -0.2) is 61.8 Å². The highest BCUT2D eigenvalue weighted by Crippen LogP contribution is 2.33. The summed E-state index contributed by atoms with van der Waals surface area (Å²) in [5, 5.41) is 0. The van der Waals surface area contributed by atoms with Crippen LogP contribution < -0.4 is 9.62 Å². The average molecular weight is 379 g/mol. The number of hydrogen-bond acceptors (Lipinski definition) is 7. The zero-order valence-electron chi connectivity index (χ0n) is 14.4. The minimum absolute atomic E-state index is 0.0658. The number of hydrogen-bond donors (Lipinski definition) is 2. The van der Waals surface area contributed by atoms with Gasteiger partial charge in [0.2, 0.25) is 0 Å². The number of rotatable bonds is 8. The van der Waals surface area contributed by atoms with Crippen molar-refractivity contribution in [1.29, 1.82) is 0 Å². The topological polar surface area (TPSA) is 103 Å². The maximum Gasteiger partial charge on any atom is 0.348 e. The first-order chi connectivity index (χ1) is 11.2. The molecule has 1 rings (SSSR count). The molecule has 8 nitrogen and oxygen atoms in total. The number of quaternary nitrogens is 1. The Morgan fingerprint density at radius 2 is 1.75 bits per heavy atom. The molecule has 0 amide bonds. The van der Waals surface area contributed by atoms with E-state index < -0.39 is 22.0 Å². The summed E-state index contributed by atoms with van der Waals surface area (Å²) in [6.07, 6.45) is 0.642. The van der Waals surface area contributed by atoms with Gasteiger partial charge in [0.25, 0.3) is 10.0 Å². The maximum absolute atomic E-state index is 12.5. The van der Waals surface area contributed by atoms with Crippen LogP contribution in [-0.2, 0) is 19.5 Å². The number of nitrogens with one attached hydrogen (secondary N) is 2. The summed E-state index contributed by atoms with van der Waals surface area (Å²) < 4.78 is 36.6. The monoisotopic (exact) mass is 379 g/mol. The lowest BCUT2D eigenvalue weighted by Gasteiger charge is -2.09. The second-order valence-corrected chi connectivity index (χ2v) is 8.39. The number of ether oxygens (including phenoxy) is 2. The smallest absolute Gasteiger partial charge is 0.348 e. The molecular formula is C14H23N2O6S2+. The van der Waals surface area contributed by atoms with E-state index in [9.17, 15) is 18.0 Å². The molecule has 0 unspecified atom stereocenters. The second kappa shape index (κ2) is 8.56. The molecule has 0 saturated carbocycles. The number of carbonyl (C=O) groups excluding carboxylic acids is 2. The van der Waals surface area contributed by atoms with Gasteiger partial charge < -0.3 is 14.4 Å². The summed E-state index contributed by atoms with van der Waals surface area (Å²) in [5.74, 6) is -1.50. The van der Waals surface area contributed by atoms with Crippen molar-refractivity contribution < 1.29 is 32.4 Å². The molecule has 0 saturated heterocycles. The molecule has 1 aromatic rings. The fourth-order valence-corrected chi connectivity index (χ4v) is 4.88. The molecule has 0 bridgehead atoms. The number of methoxy groups -OCH3 is 2. The number of thiophene rings is 1. The molecule has 1 heterocycles. The highest BCUT2D eigenvalue weighted by molar-refractivity contribution is 7.91. The zero-order chi connectivity index (χ0) is 18.5. The lowest BCUT2D eigenvalue weighted by Crippen LogP contribution is -3.05. The molecule has 0 aliphatic heterocycles. The third-order valence-electron chi connectivity index (χ3n) is 3.26. The lowest BCUT2D eigenvalue weighted by atomic mass is 10.2. The average Bonchev–Trinajstić information content (AvgIpc) is 2.88. The quantitative estimate of drug-likeness (QED) is 0.464. The SMILES string of the molecule is COC(=O)c1sc(S(=O)(=O)NCCC[NH+](C)C)c(C(=O)OC)c1C. The summed E-state index contributed by atoms with van der Waals surface area (Å²) in [4.78, 5) is 25.0.